The van der Waals surface area contributed by atoms with Crippen LogP contribution < -0.4 is 0 Å². The summed E-state index contributed by atoms with van der Waals surface area (Å²) >= 11 is 0. The summed E-state index contributed by atoms with van der Waals surface area (Å²) in [6, 6.07) is 5.65. The maximum atomic E-state index is 10.8. The van der Waals surface area contributed by atoms with Crippen molar-refractivity contribution in [2.45, 2.75) is 25.2 Å². The predicted octanol–water partition coefficient (Wildman–Crippen LogP) is 2.07. The fourth-order valence-corrected chi connectivity index (χ4v) is 2.14. The number of H-pyrrole nitrogens is 1. The lowest BCUT2D eigenvalue weighted by Gasteiger charge is -2.01. The molecule has 2 N–H and O–H groups in total. The first kappa shape index (κ1) is 9.39. The van der Waals surface area contributed by atoms with Gasteiger partial charge in [0.05, 0.1) is 11.9 Å². The number of aliphatic carboxylic acids is 1. The third-order valence-electron chi connectivity index (χ3n) is 3.02. The normalized spacial score (nSPS) is 15.5. The van der Waals surface area contributed by atoms with E-state index in [1.165, 1.54) is 12.8 Å². The molecule has 4 nitrogen and oxygen atoms in total. The number of hydrogen-bond acceptors (Lipinski definition) is 2. The van der Waals surface area contributed by atoms with Crippen LogP contribution in [0.2, 0.25) is 0 Å². The first-order valence-corrected chi connectivity index (χ1v) is 5.43. The summed E-state index contributed by atoms with van der Waals surface area (Å²) in [5.41, 5.74) is 2.85. The third-order valence-corrected chi connectivity index (χ3v) is 3.02. The molecule has 16 heavy (non-hydrogen) atoms. The second kappa shape index (κ2) is 3.33. The van der Waals surface area contributed by atoms with E-state index in [1.54, 1.807) is 0 Å². The summed E-state index contributed by atoms with van der Waals surface area (Å²) in [5, 5.41) is 17.2. The molecule has 0 saturated heterocycles. The highest BCUT2D eigenvalue weighted by molar-refractivity contribution is 5.88. The SMILES string of the molecule is O=C(O)Cc1cccc2n[nH]c(C3CC3)c12. The summed E-state index contributed by atoms with van der Waals surface area (Å²) in [7, 11) is 0. The molecule has 0 bridgehead atoms. The molecule has 1 aromatic heterocycles. The van der Waals surface area contributed by atoms with Crippen LogP contribution in [0.25, 0.3) is 10.9 Å². The molecule has 82 valence electrons. The zero-order chi connectivity index (χ0) is 11.1. The van der Waals surface area contributed by atoms with Gasteiger partial charge in [0.25, 0.3) is 0 Å². The van der Waals surface area contributed by atoms with Gasteiger partial charge in [0.1, 0.15) is 0 Å². The maximum absolute atomic E-state index is 10.8. The first-order valence-electron chi connectivity index (χ1n) is 5.43. The highest BCUT2D eigenvalue weighted by Crippen LogP contribution is 2.42. The van der Waals surface area contributed by atoms with E-state index < -0.39 is 5.97 Å². The number of aromatic amines is 1. The zero-order valence-electron chi connectivity index (χ0n) is 8.73. The summed E-state index contributed by atoms with van der Waals surface area (Å²) in [6.07, 6.45) is 2.42. The van der Waals surface area contributed by atoms with Crippen LogP contribution >= 0.6 is 0 Å². The molecular formula is C12H12N2O2. The van der Waals surface area contributed by atoms with Crippen molar-refractivity contribution in [1.82, 2.24) is 10.2 Å². The van der Waals surface area contributed by atoms with Crippen molar-refractivity contribution in [3.8, 4) is 0 Å². The molecule has 1 saturated carbocycles. The lowest BCUT2D eigenvalue weighted by molar-refractivity contribution is -0.136. The molecule has 1 heterocycles. The van der Waals surface area contributed by atoms with Crippen molar-refractivity contribution >= 4 is 16.9 Å². The monoisotopic (exact) mass is 216 g/mol. The van der Waals surface area contributed by atoms with Crippen molar-refractivity contribution in [2.75, 3.05) is 0 Å². The standard InChI is InChI=1S/C12H12N2O2/c15-10(16)6-8-2-1-3-9-11(8)12(14-13-9)7-4-5-7/h1-3,7H,4-6H2,(H,13,14)(H,15,16). The Morgan fingerprint density at radius 2 is 2.31 bits per heavy atom. The van der Waals surface area contributed by atoms with Crippen LogP contribution in [-0.4, -0.2) is 21.3 Å². The van der Waals surface area contributed by atoms with Crippen LogP contribution in [0.5, 0.6) is 0 Å². The Balaban J connectivity index is 2.17. The smallest absolute Gasteiger partial charge is 0.307 e. The molecule has 1 aliphatic rings. The number of fused-ring (bicyclic) bond motifs is 1. The van der Waals surface area contributed by atoms with Crippen molar-refractivity contribution in [3.05, 3.63) is 29.5 Å². The van der Waals surface area contributed by atoms with Gasteiger partial charge in [-0.05, 0) is 24.5 Å². The van der Waals surface area contributed by atoms with E-state index in [1.807, 2.05) is 18.2 Å². The molecule has 4 heteroatoms. The zero-order valence-corrected chi connectivity index (χ0v) is 8.73. The van der Waals surface area contributed by atoms with Gasteiger partial charge in [0.2, 0.25) is 0 Å². The second-order valence-corrected chi connectivity index (χ2v) is 4.29. The van der Waals surface area contributed by atoms with Gasteiger partial charge < -0.3 is 5.11 Å². The number of carbonyl (C=O) groups is 1. The summed E-state index contributed by atoms with van der Waals surface area (Å²) in [5.74, 6) is -0.240. The molecule has 0 amide bonds. The molecule has 0 atom stereocenters. The molecule has 0 radical (unpaired) electrons. The molecule has 1 aliphatic carbocycles. The van der Waals surface area contributed by atoms with E-state index in [2.05, 4.69) is 10.2 Å². The van der Waals surface area contributed by atoms with E-state index in [-0.39, 0.29) is 6.42 Å². The van der Waals surface area contributed by atoms with Gasteiger partial charge in [-0.25, -0.2) is 0 Å². The minimum absolute atomic E-state index is 0.0661. The maximum Gasteiger partial charge on any atom is 0.307 e. The van der Waals surface area contributed by atoms with Crippen molar-refractivity contribution in [2.24, 2.45) is 0 Å². The van der Waals surface area contributed by atoms with E-state index in [0.717, 1.165) is 22.2 Å². The van der Waals surface area contributed by atoms with E-state index in [9.17, 15) is 4.79 Å². The molecule has 0 spiro atoms. The molecule has 3 rings (SSSR count). The Bertz CT molecular complexity index is 555. The van der Waals surface area contributed by atoms with Gasteiger partial charge in [-0.3, -0.25) is 9.89 Å². The Morgan fingerprint density at radius 1 is 1.50 bits per heavy atom. The van der Waals surface area contributed by atoms with Crippen LogP contribution in [-0.2, 0) is 11.2 Å². The molecule has 1 aromatic carbocycles. The van der Waals surface area contributed by atoms with Crippen molar-refractivity contribution in [1.29, 1.82) is 0 Å². The highest BCUT2D eigenvalue weighted by Gasteiger charge is 2.28. The van der Waals surface area contributed by atoms with Crippen LogP contribution in [0, 0.1) is 0 Å². The van der Waals surface area contributed by atoms with Crippen molar-refractivity contribution in [3.63, 3.8) is 0 Å². The summed E-state index contributed by atoms with van der Waals surface area (Å²) in [6.45, 7) is 0. The molecule has 0 unspecified atom stereocenters. The lowest BCUT2D eigenvalue weighted by atomic mass is 10.0. The van der Waals surface area contributed by atoms with Gasteiger partial charge in [0.15, 0.2) is 0 Å². The molecule has 0 aliphatic heterocycles. The number of carboxylic acid groups (broad SMARTS) is 1. The molecule has 2 aromatic rings. The minimum atomic E-state index is -0.796. The number of hydrogen-bond donors (Lipinski definition) is 2. The van der Waals surface area contributed by atoms with Gasteiger partial charge in [-0.1, -0.05) is 12.1 Å². The topological polar surface area (TPSA) is 66.0 Å². The largest absolute Gasteiger partial charge is 0.481 e. The fourth-order valence-electron chi connectivity index (χ4n) is 2.14. The van der Waals surface area contributed by atoms with Crippen molar-refractivity contribution < 1.29 is 9.90 Å². The van der Waals surface area contributed by atoms with E-state index in [0.29, 0.717) is 5.92 Å². The Hall–Kier alpha value is -1.84. The Morgan fingerprint density at radius 3 is 3.00 bits per heavy atom. The number of aromatic nitrogens is 2. The number of rotatable bonds is 3. The van der Waals surface area contributed by atoms with Gasteiger partial charge in [-0.2, -0.15) is 5.10 Å². The Kier molecular flexibility index (Phi) is 1.96. The van der Waals surface area contributed by atoms with Crippen LogP contribution in [0.1, 0.15) is 30.0 Å². The lowest BCUT2D eigenvalue weighted by Crippen LogP contribution is -2.00. The first-order chi connectivity index (χ1) is 7.75. The number of carboxylic acids is 1. The summed E-state index contributed by atoms with van der Waals surface area (Å²) < 4.78 is 0. The highest BCUT2D eigenvalue weighted by atomic mass is 16.4. The number of nitrogens with zero attached hydrogens (tertiary/aromatic N) is 1. The third kappa shape index (κ3) is 1.46. The predicted molar refractivity (Wildman–Crippen MR) is 59.4 cm³/mol. The second-order valence-electron chi connectivity index (χ2n) is 4.29. The van der Waals surface area contributed by atoms with E-state index in [4.69, 9.17) is 5.11 Å². The average molecular weight is 216 g/mol. The minimum Gasteiger partial charge on any atom is -0.481 e. The number of nitrogens with one attached hydrogen (secondary N) is 1. The molecular weight excluding hydrogens is 204 g/mol. The van der Waals surface area contributed by atoms with Crippen LogP contribution in [0.3, 0.4) is 0 Å². The van der Waals surface area contributed by atoms with Crippen LogP contribution in [0.4, 0.5) is 0 Å². The average Bonchev–Trinajstić information content (AvgIpc) is 2.98. The van der Waals surface area contributed by atoms with Gasteiger partial charge >= 0.3 is 5.97 Å². The fraction of sp³-hybridized carbons (Fsp3) is 0.333. The molecule has 1 fully saturated rings. The number of benzene rings is 1. The van der Waals surface area contributed by atoms with Gasteiger partial charge in [-0.15, -0.1) is 0 Å². The Labute approximate surface area is 92.3 Å². The quantitative estimate of drug-likeness (QED) is 0.825. The van der Waals surface area contributed by atoms with E-state index >= 15 is 0 Å². The summed E-state index contributed by atoms with van der Waals surface area (Å²) in [4.78, 5) is 10.8. The van der Waals surface area contributed by atoms with Gasteiger partial charge in [0, 0.05) is 17.0 Å². The van der Waals surface area contributed by atoms with Crippen LogP contribution in [0.15, 0.2) is 18.2 Å².